The molecule has 2 rings (SSSR count). The molecule has 2 heterocycles. The van der Waals surface area contributed by atoms with Gasteiger partial charge in [0.2, 0.25) is 5.91 Å². The van der Waals surface area contributed by atoms with Crippen LogP contribution in [-0.4, -0.2) is 32.6 Å². The maximum atomic E-state index is 11.6. The summed E-state index contributed by atoms with van der Waals surface area (Å²) < 4.78 is 0. The molecular formula is C13H17N5O. The molecule has 1 amide bonds. The molecule has 0 saturated carbocycles. The lowest BCUT2D eigenvalue weighted by Crippen LogP contribution is -2.25. The highest BCUT2D eigenvalue weighted by Gasteiger charge is 2.02. The molecule has 0 unspecified atom stereocenters. The van der Waals surface area contributed by atoms with Crippen molar-refractivity contribution in [3.05, 3.63) is 42.2 Å². The third kappa shape index (κ3) is 4.87. The summed E-state index contributed by atoms with van der Waals surface area (Å²) in [5, 5.41) is 9.45. The van der Waals surface area contributed by atoms with E-state index in [0.29, 0.717) is 19.4 Å². The Bertz CT molecular complexity index is 483. The fraction of sp³-hybridized carbons (Fsp3) is 0.385. The number of hydrogen-bond acceptors (Lipinski definition) is 4. The normalized spacial score (nSPS) is 10.3. The van der Waals surface area contributed by atoms with Crippen molar-refractivity contribution in [1.29, 1.82) is 0 Å². The molecule has 2 aromatic rings. The van der Waals surface area contributed by atoms with Gasteiger partial charge in [0.15, 0.2) is 0 Å². The van der Waals surface area contributed by atoms with Crippen LogP contribution in [-0.2, 0) is 17.6 Å². The van der Waals surface area contributed by atoms with Gasteiger partial charge in [0, 0.05) is 31.3 Å². The number of H-pyrrole nitrogens is 1. The molecule has 0 atom stereocenters. The van der Waals surface area contributed by atoms with Gasteiger partial charge in [-0.05, 0) is 25.0 Å². The van der Waals surface area contributed by atoms with E-state index in [9.17, 15) is 4.79 Å². The van der Waals surface area contributed by atoms with E-state index >= 15 is 0 Å². The number of aryl methyl sites for hydroxylation is 2. The van der Waals surface area contributed by atoms with Crippen LogP contribution in [0, 0.1) is 0 Å². The largest absolute Gasteiger partial charge is 0.356 e. The number of aromatic amines is 1. The molecule has 0 bridgehead atoms. The summed E-state index contributed by atoms with van der Waals surface area (Å²) in [6.07, 6.45) is 6.02. The maximum absolute atomic E-state index is 11.6. The average molecular weight is 259 g/mol. The maximum Gasteiger partial charge on any atom is 0.220 e. The van der Waals surface area contributed by atoms with Gasteiger partial charge in [-0.3, -0.25) is 14.9 Å². The number of amides is 1. The summed E-state index contributed by atoms with van der Waals surface area (Å²) in [7, 11) is 0. The molecular weight excluding hydrogens is 242 g/mol. The SMILES string of the molecule is O=C(CCc1ccccn1)NCCCc1ncn[nH]1. The molecule has 0 aliphatic rings. The Kier molecular flexibility index (Phi) is 5.04. The molecule has 6 heteroatoms. The van der Waals surface area contributed by atoms with E-state index in [4.69, 9.17) is 0 Å². The van der Waals surface area contributed by atoms with Gasteiger partial charge in [0.25, 0.3) is 0 Å². The quantitative estimate of drug-likeness (QED) is 0.723. The van der Waals surface area contributed by atoms with Crippen LogP contribution in [0.4, 0.5) is 0 Å². The van der Waals surface area contributed by atoms with Crippen LogP contribution in [0.1, 0.15) is 24.4 Å². The second-order valence-electron chi connectivity index (χ2n) is 4.21. The molecule has 0 radical (unpaired) electrons. The summed E-state index contributed by atoms with van der Waals surface area (Å²) in [5.74, 6) is 0.908. The number of carbonyl (C=O) groups is 1. The molecule has 0 spiro atoms. The molecule has 6 nitrogen and oxygen atoms in total. The summed E-state index contributed by atoms with van der Waals surface area (Å²) in [6.45, 7) is 0.655. The second kappa shape index (κ2) is 7.25. The molecule has 19 heavy (non-hydrogen) atoms. The Labute approximate surface area is 111 Å². The molecule has 2 aromatic heterocycles. The highest BCUT2D eigenvalue weighted by atomic mass is 16.1. The first kappa shape index (κ1) is 13.2. The van der Waals surface area contributed by atoms with E-state index in [2.05, 4.69) is 25.5 Å². The third-order valence-electron chi connectivity index (χ3n) is 2.71. The van der Waals surface area contributed by atoms with Crippen molar-refractivity contribution in [2.75, 3.05) is 6.54 Å². The number of aromatic nitrogens is 4. The van der Waals surface area contributed by atoms with Crippen molar-refractivity contribution < 1.29 is 4.79 Å². The Morgan fingerprint density at radius 3 is 2.95 bits per heavy atom. The van der Waals surface area contributed by atoms with Gasteiger partial charge >= 0.3 is 0 Å². The standard InChI is InChI=1S/C13H17N5O/c19-13(7-6-11-4-1-2-8-14-11)15-9-3-5-12-16-10-17-18-12/h1-2,4,8,10H,3,5-7,9H2,(H,15,19)(H,16,17,18). The lowest BCUT2D eigenvalue weighted by molar-refractivity contribution is -0.121. The van der Waals surface area contributed by atoms with Gasteiger partial charge < -0.3 is 5.32 Å². The Balaban J connectivity index is 1.57. The zero-order valence-corrected chi connectivity index (χ0v) is 10.7. The molecule has 0 aliphatic heterocycles. The predicted octanol–water partition coefficient (Wildman–Crippen LogP) is 0.881. The fourth-order valence-corrected chi connectivity index (χ4v) is 1.71. The van der Waals surface area contributed by atoms with E-state index in [1.807, 2.05) is 18.2 Å². The number of hydrogen-bond donors (Lipinski definition) is 2. The second-order valence-corrected chi connectivity index (χ2v) is 4.21. The van der Waals surface area contributed by atoms with Crippen LogP contribution in [0.25, 0.3) is 0 Å². The van der Waals surface area contributed by atoms with E-state index < -0.39 is 0 Å². The van der Waals surface area contributed by atoms with E-state index in [-0.39, 0.29) is 5.91 Å². The number of carbonyl (C=O) groups excluding carboxylic acids is 1. The highest BCUT2D eigenvalue weighted by Crippen LogP contribution is 1.98. The topological polar surface area (TPSA) is 83.6 Å². The minimum atomic E-state index is 0.0585. The van der Waals surface area contributed by atoms with Gasteiger partial charge in [-0.25, -0.2) is 4.98 Å². The molecule has 2 N–H and O–H groups in total. The van der Waals surface area contributed by atoms with Crippen molar-refractivity contribution in [2.45, 2.75) is 25.7 Å². The van der Waals surface area contributed by atoms with Crippen molar-refractivity contribution in [2.24, 2.45) is 0 Å². The molecule has 0 fully saturated rings. The van der Waals surface area contributed by atoms with Gasteiger partial charge in [-0.2, -0.15) is 5.10 Å². The number of pyridine rings is 1. The van der Waals surface area contributed by atoms with Gasteiger partial charge in [-0.1, -0.05) is 6.07 Å². The van der Waals surface area contributed by atoms with Gasteiger partial charge in [-0.15, -0.1) is 0 Å². The fourth-order valence-electron chi connectivity index (χ4n) is 1.71. The Hall–Kier alpha value is -2.24. The van der Waals surface area contributed by atoms with Crippen LogP contribution in [0.5, 0.6) is 0 Å². The average Bonchev–Trinajstić information content (AvgIpc) is 2.96. The van der Waals surface area contributed by atoms with E-state index in [0.717, 1.165) is 24.4 Å². The Morgan fingerprint density at radius 2 is 2.21 bits per heavy atom. The number of rotatable bonds is 7. The summed E-state index contributed by atoms with van der Waals surface area (Å²) in [4.78, 5) is 19.8. The number of nitrogens with one attached hydrogen (secondary N) is 2. The predicted molar refractivity (Wildman–Crippen MR) is 70.3 cm³/mol. The first-order valence-corrected chi connectivity index (χ1v) is 6.35. The lowest BCUT2D eigenvalue weighted by atomic mass is 10.2. The zero-order chi connectivity index (χ0) is 13.3. The minimum absolute atomic E-state index is 0.0585. The number of nitrogens with zero attached hydrogens (tertiary/aromatic N) is 3. The first-order chi connectivity index (χ1) is 9.34. The molecule has 100 valence electrons. The summed E-state index contributed by atoms with van der Waals surface area (Å²) in [5.41, 5.74) is 0.944. The summed E-state index contributed by atoms with van der Waals surface area (Å²) in [6, 6.07) is 5.72. The van der Waals surface area contributed by atoms with Gasteiger partial charge in [0.1, 0.15) is 12.2 Å². The van der Waals surface area contributed by atoms with Crippen molar-refractivity contribution in [3.63, 3.8) is 0 Å². The van der Waals surface area contributed by atoms with Crippen molar-refractivity contribution in [1.82, 2.24) is 25.5 Å². The monoisotopic (exact) mass is 259 g/mol. The van der Waals surface area contributed by atoms with Gasteiger partial charge in [0.05, 0.1) is 0 Å². The van der Waals surface area contributed by atoms with Crippen LogP contribution in [0.15, 0.2) is 30.7 Å². The van der Waals surface area contributed by atoms with Crippen LogP contribution in [0.2, 0.25) is 0 Å². The van der Waals surface area contributed by atoms with Crippen molar-refractivity contribution >= 4 is 5.91 Å². The zero-order valence-electron chi connectivity index (χ0n) is 10.7. The van der Waals surface area contributed by atoms with Crippen LogP contribution in [0.3, 0.4) is 0 Å². The Morgan fingerprint density at radius 1 is 1.26 bits per heavy atom. The van der Waals surface area contributed by atoms with Crippen molar-refractivity contribution in [3.8, 4) is 0 Å². The molecule has 0 aromatic carbocycles. The van der Waals surface area contributed by atoms with E-state index in [1.165, 1.54) is 6.33 Å². The highest BCUT2D eigenvalue weighted by molar-refractivity contribution is 5.76. The molecule has 0 aliphatic carbocycles. The third-order valence-corrected chi connectivity index (χ3v) is 2.71. The lowest BCUT2D eigenvalue weighted by Gasteiger charge is -2.04. The smallest absolute Gasteiger partial charge is 0.220 e. The van der Waals surface area contributed by atoms with Crippen LogP contribution < -0.4 is 5.32 Å². The first-order valence-electron chi connectivity index (χ1n) is 6.35. The van der Waals surface area contributed by atoms with E-state index in [1.54, 1.807) is 6.20 Å². The summed E-state index contributed by atoms with van der Waals surface area (Å²) >= 11 is 0. The van der Waals surface area contributed by atoms with Crippen LogP contribution >= 0.6 is 0 Å². The molecule has 0 saturated heterocycles. The minimum Gasteiger partial charge on any atom is -0.356 e.